The fraction of sp³-hybridized carbons (Fsp3) is 0.529. The predicted molar refractivity (Wildman–Crippen MR) is 84.3 cm³/mol. The molecule has 1 aliphatic carbocycles. The zero-order chi connectivity index (χ0) is 15.1. The van der Waals surface area contributed by atoms with E-state index >= 15 is 0 Å². The molecule has 0 heterocycles. The lowest BCUT2D eigenvalue weighted by Crippen LogP contribution is -2.42. The molecule has 4 heteroatoms. The summed E-state index contributed by atoms with van der Waals surface area (Å²) in [6.45, 7) is 4.21. The number of oxime groups is 1. The van der Waals surface area contributed by atoms with Gasteiger partial charge in [0.1, 0.15) is 0 Å². The van der Waals surface area contributed by atoms with Crippen LogP contribution in [0.3, 0.4) is 0 Å². The van der Waals surface area contributed by atoms with Gasteiger partial charge in [-0.3, -0.25) is 4.79 Å². The molecule has 1 fully saturated rings. The Labute approximate surface area is 126 Å². The molecule has 1 aromatic carbocycles. The fourth-order valence-electron chi connectivity index (χ4n) is 2.63. The molecule has 114 valence electrons. The highest BCUT2D eigenvalue weighted by Crippen LogP contribution is 2.23. The number of hydrogen-bond donors (Lipinski definition) is 1. The number of rotatable bonds is 5. The molecule has 4 nitrogen and oxygen atoms in total. The molecule has 2 rings (SSSR count). The summed E-state index contributed by atoms with van der Waals surface area (Å²) in [5, 5.41) is 6.87. The Morgan fingerprint density at radius 2 is 2.05 bits per heavy atom. The van der Waals surface area contributed by atoms with Crippen molar-refractivity contribution in [3.8, 4) is 0 Å². The molecule has 1 amide bonds. The van der Waals surface area contributed by atoms with E-state index in [4.69, 9.17) is 4.84 Å². The Morgan fingerprint density at radius 1 is 1.33 bits per heavy atom. The summed E-state index contributed by atoms with van der Waals surface area (Å²) in [4.78, 5) is 16.9. The lowest BCUT2D eigenvalue weighted by atomic mass is 9.86. The van der Waals surface area contributed by atoms with Crippen LogP contribution in [0.25, 0.3) is 0 Å². The molecular formula is C17H24N2O2. The van der Waals surface area contributed by atoms with Crippen LogP contribution in [0.1, 0.15) is 43.7 Å². The van der Waals surface area contributed by atoms with Crippen molar-refractivity contribution in [1.29, 1.82) is 0 Å². The molecule has 0 unspecified atom stereocenters. The van der Waals surface area contributed by atoms with Crippen molar-refractivity contribution in [2.75, 3.05) is 6.61 Å². The minimum absolute atomic E-state index is 0.0222. The quantitative estimate of drug-likeness (QED) is 0.669. The smallest absolute Gasteiger partial charge is 0.261 e. The highest BCUT2D eigenvalue weighted by molar-refractivity contribution is 5.80. The Kier molecular flexibility index (Phi) is 5.78. The van der Waals surface area contributed by atoms with Gasteiger partial charge < -0.3 is 10.2 Å². The minimum Gasteiger partial charge on any atom is -0.386 e. The first kappa shape index (κ1) is 15.5. The molecule has 2 atom stereocenters. The van der Waals surface area contributed by atoms with E-state index in [1.54, 1.807) is 6.21 Å². The number of nitrogens with one attached hydrogen (secondary N) is 1. The molecule has 0 aromatic heterocycles. The third-order valence-corrected chi connectivity index (χ3v) is 4.01. The van der Waals surface area contributed by atoms with E-state index in [9.17, 15) is 4.79 Å². The molecule has 21 heavy (non-hydrogen) atoms. The van der Waals surface area contributed by atoms with Gasteiger partial charge in [-0.1, -0.05) is 54.8 Å². The highest BCUT2D eigenvalue weighted by Gasteiger charge is 2.22. The molecule has 0 spiro atoms. The number of benzene rings is 1. The van der Waals surface area contributed by atoms with Crippen LogP contribution in [0.4, 0.5) is 0 Å². The van der Waals surface area contributed by atoms with E-state index < -0.39 is 0 Å². The van der Waals surface area contributed by atoms with Crippen LogP contribution >= 0.6 is 0 Å². The second kappa shape index (κ2) is 7.81. The lowest BCUT2D eigenvalue weighted by molar-refractivity contribution is -0.126. The fourth-order valence-corrected chi connectivity index (χ4v) is 2.63. The van der Waals surface area contributed by atoms with Gasteiger partial charge in [0.25, 0.3) is 5.91 Å². The van der Waals surface area contributed by atoms with E-state index in [-0.39, 0.29) is 18.6 Å². The number of hydrogen-bond acceptors (Lipinski definition) is 3. The van der Waals surface area contributed by atoms with Crippen molar-refractivity contribution in [3.63, 3.8) is 0 Å². The van der Waals surface area contributed by atoms with Crippen molar-refractivity contribution in [1.82, 2.24) is 5.32 Å². The summed E-state index contributed by atoms with van der Waals surface area (Å²) in [5.41, 5.74) is 2.16. The topological polar surface area (TPSA) is 50.7 Å². The van der Waals surface area contributed by atoms with Crippen molar-refractivity contribution >= 4 is 12.1 Å². The normalized spacial score (nSPS) is 22.2. The van der Waals surface area contributed by atoms with Crippen molar-refractivity contribution in [3.05, 3.63) is 35.4 Å². The zero-order valence-electron chi connectivity index (χ0n) is 12.8. The van der Waals surface area contributed by atoms with Crippen LogP contribution in [0.5, 0.6) is 0 Å². The van der Waals surface area contributed by atoms with E-state index in [2.05, 4.69) is 17.4 Å². The van der Waals surface area contributed by atoms with E-state index in [0.717, 1.165) is 12.0 Å². The van der Waals surface area contributed by atoms with Gasteiger partial charge in [-0.05, 0) is 31.2 Å². The summed E-state index contributed by atoms with van der Waals surface area (Å²) < 4.78 is 0. The monoisotopic (exact) mass is 288 g/mol. The Bertz CT molecular complexity index is 482. The van der Waals surface area contributed by atoms with Crippen LogP contribution in [-0.2, 0) is 9.63 Å². The molecule has 1 N–H and O–H groups in total. The van der Waals surface area contributed by atoms with Crippen LogP contribution in [0.2, 0.25) is 0 Å². The molecule has 0 radical (unpaired) electrons. The van der Waals surface area contributed by atoms with Gasteiger partial charge in [0.05, 0.1) is 6.21 Å². The number of amides is 1. The van der Waals surface area contributed by atoms with Crippen molar-refractivity contribution in [2.45, 2.75) is 45.6 Å². The van der Waals surface area contributed by atoms with E-state index in [1.165, 1.54) is 24.8 Å². The van der Waals surface area contributed by atoms with Crippen molar-refractivity contribution < 1.29 is 9.63 Å². The predicted octanol–water partition coefficient (Wildman–Crippen LogP) is 3.04. The van der Waals surface area contributed by atoms with Crippen LogP contribution in [0, 0.1) is 12.8 Å². The van der Waals surface area contributed by atoms with Gasteiger partial charge in [0.15, 0.2) is 6.61 Å². The summed E-state index contributed by atoms with van der Waals surface area (Å²) in [5.74, 6) is 0.466. The average molecular weight is 288 g/mol. The lowest BCUT2D eigenvalue weighted by Gasteiger charge is -2.29. The Hall–Kier alpha value is -1.84. The van der Waals surface area contributed by atoms with Crippen LogP contribution < -0.4 is 5.32 Å². The third-order valence-electron chi connectivity index (χ3n) is 4.01. The standard InChI is InChI=1S/C17H24N2O2/c1-13-7-9-15(10-8-13)11-18-21-12-17(20)19-16-6-4-3-5-14(16)2/h7-11,14,16H,3-6,12H2,1-2H3,(H,19,20)/b18-11-/t14-,16+/m0/s1. The largest absolute Gasteiger partial charge is 0.386 e. The molecule has 1 aliphatic rings. The molecule has 0 aliphatic heterocycles. The first-order chi connectivity index (χ1) is 10.1. The third kappa shape index (κ3) is 5.21. The van der Waals surface area contributed by atoms with Crippen LogP contribution in [-0.4, -0.2) is 24.8 Å². The molecule has 1 saturated carbocycles. The summed E-state index contributed by atoms with van der Waals surface area (Å²) in [6, 6.07) is 8.24. The molecule has 0 saturated heterocycles. The van der Waals surface area contributed by atoms with Crippen LogP contribution in [0.15, 0.2) is 29.4 Å². The number of aryl methyl sites for hydroxylation is 1. The van der Waals surface area contributed by atoms with Gasteiger partial charge in [-0.25, -0.2) is 0 Å². The molecule has 1 aromatic rings. The zero-order valence-corrected chi connectivity index (χ0v) is 12.8. The van der Waals surface area contributed by atoms with E-state index in [0.29, 0.717) is 5.92 Å². The van der Waals surface area contributed by atoms with Gasteiger partial charge in [-0.2, -0.15) is 0 Å². The highest BCUT2D eigenvalue weighted by atomic mass is 16.6. The van der Waals surface area contributed by atoms with Crippen molar-refractivity contribution in [2.24, 2.45) is 11.1 Å². The molecular weight excluding hydrogens is 264 g/mol. The first-order valence-electron chi connectivity index (χ1n) is 7.66. The minimum atomic E-state index is -0.0881. The Balaban J connectivity index is 1.70. The number of nitrogens with zero attached hydrogens (tertiary/aromatic N) is 1. The SMILES string of the molecule is Cc1ccc(/C=N\OCC(=O)N[C@@H]2CCCC[C@@H]2C)cc1. The average Bonchev–Trinajstić information content (AvgIpc) is 2.48. The number of carbonyl (C=O) groups is 1. The maximum atomic E-state index is 11.8. The second-order valence-corrected chi connectivity index (χ2v) is 5.85. The second-order valence-electron chi connectivity index (χ2n) is 5.85. The van der Waals surface area contributed by atoms with Gasteiger partial charge in [-0.15, -0.1) is 0 Å². The summed E-state index contributed by atoms with van der Waals surface area (Å²) in [6.07, 6.45) is 6.35. The first-order valence-corrected chi connectivity index (χ1v) is 7.66. The van der Waals surface area contributed by atoms with Gasteiger partial charge in [0.2, 0.25) is 0 Å². The molecule has 0 bridgehead atoms. The van der Waals surface area contributed by atoms with Gasteiger partial charge >= 0.3 is 0 Å². The number of carbonyl (C=O) groups excluding carboxylic acids is 1. The maximum absolute atomic E-state index is 11.8. The maximum Gasteiger partial charge on any atom is 0.261 e. The van der Waals surface area contributed by atoms with Gasteiger partial charge in [0, 0.05) is 6.04 Å². The Morgan fingerprint density at radius 3 is 2.76 bits per heavy atom. The summed E-state index contributed by atoms with van der Waals surface area (Å²) in [7, 11) is 0. The summed E-state index contributed by atoms with van der Waals surface area (Å²) >= 11 is 0. The van der Waals surface area contributed by atoms with E-state index in [1.807, 2.05) is 31.2 Å².